The number of aliphatic hydroxyl groups excluding tert-OH is 2. The lowest BCUT2D eigenvalue weighted by Crippen LogP contribution is -2.42. The zero-order chi connectivity index (χ0) is 15.8. The molecule has 1 aromatic rings. The Bertz CT molecular complexity index is 503. The summed E-state index contributed by atoms with van der Waals surface area (Å²) in [6.07, 6.45) is 0. The first-order valence-electron chi connectivity index (χ1n) is 6.19. The molecule has 21 heavy (non-hydrogen) atoms. The van der Waals surface area contributed by atoms with E-state index < -0.39 is 11.8 Å². The van der Waals surface area contributed by atoms with E-state index in [1.54, 1.807) is 12.1 Å². The van der Waals surface area contributed by atoms with Gasteiger partial charge in [-0.2, -0.15) is 0 Å². The van der Waals surface area contributed by atoms with Crippen molar-refractivity contribution in [2.75, 3.05) is 38.7 Å². The van der Waals surface area contributed by atoms with Crippen molar-refractivity contribution in [1.29, 1.82) is 0 Å². The zero-order valence-corrected chi connectivity index (χ0v) is 12.3. The third-order valence-electron chi connectivity index (χ3n) is 2.63. The maximum Gasteiger partial charge on any atom is 0.314 e. The van der Waals surface area contributed by atoms with Gasteiger partial charge in [0, 0.05) is 18.1 Å². The molecule has 0 radical (unpaired) electrons. The summed E-state index contributed by atoms with van der Waals surface area (Å²) >= 11 is 5.83. The van der Waals surface area contributed by atoms with Gasteiger partial charge in [0.1, 0.15) is 5.75 Å². The van der Waals surface area contributed by atoms with Crippen molar-refractivity contribution in [2.24, 2.45) is 0 Å². The van der Waals surface area contributed by atoms with E-state index in [4.69, 9.17) is 26.6 Å². The largest absolute Gasteiger partial charge is 0.495 e. The number of hydrogen-bond donors (Lipinski definition) is 3. The van der Waals surface area contributed by atoms with Crippen LogP contribution in [-0.2, 0) is 9.59 Å². The summed E-state index contributed by atoms with van der Waals surface area (Å²) in [4.78, 5) is 24.9. The van der Waals surface area contributed by atoms with Gasteiger partial charge in [-0.1, -0.05) is 11.6 Å². The number of rotatable bonds is 6. The molecule has 0 aliphatic rings. The monoisotopic (exact) mass is 316 g/mol. The minimum atomic E-state index is -0.905. The predicted octanol–water partition coefficient (Wildman–Crippen LogP) is 0.100. The third kappa shape index (κ3) is 4.89. The van der Waals surface area contributed by atoms with Crippen LogP contribution in [0.15, 0.2) is 18.2 Å². The smallest absolute Gasteiger partial charge is 0.314 e. The molecular formula is C13H17ClN2O5. The average molecular weight is 317 g/mol. The normalized spacial score (nSPS) is 10.1. The minimum Gasteiger partial charge on any atom is -0.495 e. The fraction of sp³-hybridized carbons (Fsp3) is 0.385. The summed E-state index contributed by atoms with van der Waals surface area (Å²) in [7, 11) is 1.42. The molecule has 3 N–H and O–H groups in total. The maximum atomic E-state index is 11.9. The van der Waals surface area contributed by atoms with E-state index in [2.05, 4.69) is 5.32 Å². The highest BCUT2D eigenvalue weighted by Gasteiger charge is 2.22. The van der Waals surface area contributed by atoms with Crippen molar-refractivity contribution >= 4 is 29.1 Å². The summed E-state index contributed by atoms with van der Waals surface area (Å²) in [5.74, 6) is -1.41. The predicted molar refractivity (Wildman–Crippen MR) is 77.4 cm³/mol. The van der Waals surface area contributed by atoms with Gasteiger partial charge < -0.3 is 25.2 Å². The number of amides is 2. The molecule has 0 spiro atoms. The van der Waals surface area contributed by atoms with Crippen molar-refractivity contribution in [3.05, 3.63) is 23.2 Å². The second kappa shape index (κ2) is 8.46. The fourth-order valence-corrected chi connectivity index (χ4v) is 1.83. The molecule has 0 heterocycles. The summed E-state index contributed by atoms with van der Waals surface area (Å²) in [5.41, 5.74) is 0.260. The fourth-order valence-electron chi connectivity index (χ4n) is 1.65. The molecule has 1 rings (SSSR count). The first kappa shape index (κ1) is 17.2. The van der Waals surface area contributed by atoms with E-state index in [0.29, 0.717) is 10.8 Å². The van der Waals surface area contributed by atoms with Crippen molar-refractivity contribution in [3.8, 4) is 5.75 Å². The SMILES string of the molecule is COc1ccc(Cl)cc1NC(=O)C(=O)N(CCO)CCO. The molecule has 2 amide bonds. The molecule has 0 aliphatic heterocycles. The summed E-state index contributed by atoms with van der Waals surface area (Å²) in [6, 6.07) is 4.59. The lowest BCUT2D eigenvalue weighted by molar-refractivity contribution is -0.143. The Labute approximate surface area is 127 Å². The van der Waals surface area contributed by atoms with E-state index in [1.165, 1.54) is 13.2 Å². The molecule has 1 aromatic carbocycles. The summed E-state index contributed by atoms with van der Waals surface area (Å²) < 4.78 is 5.06. The molecule has 0 saturated heterocycles. The first-order chi connectivity index (χ1) is 10.0. The summed E-state index contributed by atoms with van der Waals surface area (Å²) in [6.45, 7) is -0.696. The highest BCUT2D eigenvalue weighted by molar-refractivity contribution is 6.40. The molecule has 116 valence electrons. The van der Waals surface area contributed by atoms with Gasteiger partial charge in [0.05, 0.1) is 26.0 Å². The van der Waals surface area contributed by atoms with E-state index in [9.17, 15) is 9.59 Å². The lowest BCUT2D eigenvalue weighted by Gasteiger charge is -2.20. The average Bonchev–Trinajstić information content (AvgIpc) is 2.46. The molecule has 0 fully saturated rings. The molecule has 8 heteroatoms. The molecule has 0 bridgehead atoms. The lowest BCUT2D eigenvalue weighted by atomic mass is 10.3. The van der Waals surface area contributed by atoms with Crippen LogP contribution in [0, 0.1) is 0 Å². The van der Waals surface area contributed by atoms with Crippen LogP contribution in [0.5, 0.6) is 5.75 Å². The van der Waals surface area contributed by atoms with Crippen molar-refractivity contribution in [2.45, 2.75) is 0 Å². The number of hydrogen-bond acceptors (Lipinski definition) is 5. The van der Waals surface area contributed by atoms with Crippen LogP contribution in [0.1, 0.15) is 0 Å². The number of ether oxygens (including phenoxy) is 1. The Morgan fingerprint density at radius 2 is 1.90 bits per heavy atom. The van der Waals surface area contributed by atoms with E-state index >= 15 is 0 Å². The third-order valence-corrected chi connectivity index (χ3v) is 2.87. The second-order valence-corrected chi connectivity index (χ2v) is 4.47. The van der Waals surface area contributed by atoms with Gasteiger partial charge in [-0.3, -0.25) is 9.59 Å². The van der Waals surface area contributed by atoms with Gasteiger partial charge in [0.15, 0.2) is 0 Å². The summed E-state index contributed by atoms with van der Waals surface area (Å²) in [5, 5.41) is 20.5. The number of anilines is 1. The number of nitrogens with zero attached hydrogens (tertiary/aromatic N) is 1. The molecular weight excluding hydrogens is 300 g/mol. The topological polar surface area (TPSA) is 99.1 Å². The zero-order valence-electron chi connectivity index (χ0n) is 11.5. The number of carbonyl (C=O) groups is 2. The quantitative estimate of drug-likeness (QED) is 0.647. The number of carbonyl (C=O) groups excluding carboxylic acids is 2. The Hall–Kier alpha value is -1.83. The molecule has 0 unspecified atom stereocenters. The Morgan fingerprint density at radius 1 is 1.29 bits per heavy atom. The van der Waals surface area contributed by atoms with Crippen molar-refractivity contribution < 1.29 is 24.5 Å². The van der Waals surface area contributed by atoms with E-state index in [1.807, 2.05) is 0 Å². The van der Waals surface area contributed by atoms with Crippen LogP contribution < -0.4 is 10.1 Å². The molecule has 0 atom stereocenters. The Morgan fingerprint density at radius 3 is 2.43 bits per heavy atom. The van der Waals surface area contributed by atoms with Gasteiger partial charge in [-0.25, -0.2) is 0 Å². The number of benzene rings is 1. The highest BCUT2D eigenvalue weighted by atomic mass is 35.5. The Kier molecular flexibility index (Phi) is 6.93. The van der Waals surface area contributed by atoms with Gasteiger partial charge in [0.25, 0.3) is 0 Å². The van der Waals surface area contributed by atoms with Crippen LogP contribution in [-0.4, -0.2) is 60.3 Å². The van der Waals surface area contributed by atoms with Crippen molar-refractivity contribution in [1.82, 2.24) is 4.90 Å². The molecule has 0 aliphatic carbocycles. The highest BCUT2D eigenvalue weighted by Crippen LogP contribution is 2.27. The molecule has 0 saturated carbocycles. The number of nitrogens with one attached hydrogen (secondary N) is 1. The number of halogens is 1. The van der Waals surface area contributed by atoms with Gasteiger partial charge in [-0.15, -0.1) is 0 Å². The van der Waals surface area contributed by atoms with Crippen LogP contribution in [0.4, 0.5) is 5.69 Å². The number of methoxy groups -OCH3 is 1. The number of aliphatic hydroxyl groups is 2. The first-order valence-corrected chi connectivity index (χ1v) is 6.56. The van der Waals surface area contributed by atoms with Gasteiger partial charge in [0.2, 0.25) is 0 Å². The molecule has 0 aromatic heterocycles. The van der Waals surface area contributed by atoms with Crippen LogP contribution in [0.2, 0.25) is 5.02 Å². The standard InChI is InChI=1S/C13H17ClN2O5/c1-21-11-3-2-9(14)8-10(11)15-12(19)13(20)16(4-6-17)5-7-18/h2-3,8,17-18H,4-7H2,1H3,(H,15,19). The van der Waals surface area contributed by atoms with Crippen LogP contribution >= 0.6 is 11.6 Å². The van der Waals surface area contributed by atoms with Crippen LogP contribution in [0.3, 0.4) is 0 Å². The Balaban J connectivity index is 2.84. The maximum absolute atomic E-state index is 11.9. The van der Waals surface area contributed by atoms with E-state index in [-0.39, 0.29) is 32.0 Å². The van der Waals surface area contributed by atoms with Crippen molar-refractivity contribution in [3.63, 3.8) is 0 Å². The molecule has 7 nitrogen and oxygen atoms in total. The van der Waals surface area contributed by atoms with Gasteiger partial charge >= 0.3 is 11.8 Å². The van der Waals surface area contributed by atoms with Crippen LogP contribution in [0.25, 0.3) is 0 Å². The second-order valence-electron chi connectivity index (χ2n) is 4.04. The van der Waals surface area contributed by atoms with Gasteiger partial charge in [-0.05, 0) is 18.2 Å². The minimum absolute atomic E-state index is 0.0422. The van der Waals surface area contributed by atoms with E-state index in [0.717, 1.165) is 4.90 Å².